The van der Waals surface area contributed by atoms with Gasteiger partial charge in [0.1, 0.15) is 5.75 Å². The molecule has 4 heteroatoms. The van der Waals surface area contributed by atoms with Crippen molar-refractivity contribution in [3.8, 4) is 5.75 Å². The summed E-state index contributed by atoms with van der Waals surface area (Å²) >= 11 is 10.3. The summed E-state index contributed by atoms with van der Waals surface area (Å²) in [7, 11) is 1.66. The Morgan fingerprint density at radius 1 is 1.33 bits per heavy atom. The molecule has 0 amide bonds. The number of methoxy groups -OCH3 is 1. The zero-order chi connectivity index (χ0) is 9.14. The van der Waals surface area contributed by atoms with E-state index in [9.17, 15) is 0 Å². The Morgan fingerprint density at radius 3 is 2.50 bits per heavy atom. The highest BCUT2D eigenvalue weighted by Gasteiger charge is 2.05. The fraction of sp³-hybridized carbons (Fsp3) is 0.250. The smallest absolute Gasteiger partial charge is 0.120 e. The maximum Gasteiger partial charge on any atom is 0.120 e. The van der Waals surface area contributed by atoms with E-state index in [-0.39, 0.29) is 0 Å². The zero-order valence-corrected chi connectivity index (χ0v) is 11.2. The molecule has 1 rings (SSSR count). The van der Waals surface area contributed by atoms with Crippen LogP contribution in [-0.2, 0) is 5.33 Å². The first kappa shape index (κ1) is 10.5. The molecule has 1 aromatic carbocycles. The number of ether oxygens (including phenoxy) is 1. The summed E-state index contributed by atoms with van der Waals surface area (Å²) in [4.78, 5) is 0. The standard InChI is InChI=1S/C8H7Br3O/c1-12-6-2-5(4-9)8(11)7(10)3-6/h2-3H,4H2,1H3. The number of halogens is 3. The van der Waals surface area contributed by atoms with Crippen molar-refractivity contribution in [3.63, 3.8) is 0 Å². The summed E-state index contributed by atoms with van der Waals surface area (Å²) in [6, 6.07) is 3.92. The van der Waals surface area contributed by atoms with Crippen LogP contribution in [0.5, 0.6) is 5.75 Å². The van der Waals surface area contributed by atoms with Crippen molar-refractivity contribution in [2.45, 2.75) is 5.33 Å². The molecule has 0 radical (unpaired) electrons. The molecule has 0 aliphatic heterocycles. The van der Waals surface area contributed by atoms with E-state index in [0.717, 1.165) is 20.0 Å². The van der Waals surface area contributed by atoms with Gasteiger partial charge in [0, 0.05) is 14.3 Å². The maximum atomic E-state index is 5.12. The third-order valence-electron chi connectivity index (χ3n) is 1.46. The van der Waals surface area contributed by atoms with Gasteiger partial charge in [0.15, 0.2) is 0 Å². The summed E-state index contributed by atoms with van der Waals surface area (Å²) in [6.45, 7) is 0. The highest BCUT2D eigenvalue weighted by atomic mass is 79.9. The van der Waals surface area contributed by atoms with E-state index >= 15 is 0 Å². The van der Waals surface area contributed by atoms with Crippen molar-refractivity contribution in [2.24, 2.45) is 0 Å². The molecule has 0 bridgehead atoms. The lowest BCUT2D eigenvalue weighted by atomic mass is 10.2. The van der Waals surface area contributed by atoms with Crippen LogP contribution >= 0.6 is 47.8 Å². The Hall–Kier alpha value is 0.460. The summed E-state index contributed by atoms with van der Waals surface area (Å²) in [5.74, 6) is 0.861. The van der Waals surface area contributed by atoms with Gasteiger partial charge in [-0.05, 0) is 49.6 Å². The van der Waals surface area contributed by atoms with Crippen molar-refractivity contribution in [2.75, 3.05) is 7.11 Å². The van der Waals surface area contributed by atoms with Gasteiger partial charge in [-0.15, -0.1) is 0 Å². The van der Waals surface area contributed by atoms with Gasteiger partial charge < -0.3 is 4.74 Å². The van der Waals surface area contributed by atoms with Crippen molar-refractivity contribution in [3.05, 3.63) is 26.6 Å². The van der Waals surface area contributed by atoms with Gasteiger partial charge in [-0.1, -0.05) is 15.9 Å². The molecule has 0 saturated heterocycles. The van der Waals surface area contributed by atoms with E-state index in [4.69, 9.17) is 4.74 Å². The minimum absolute atomic E-state index is 0.809. The number of alkyl halides is 1. The number of rotatable bonds is 2. The predicted molar refractivity (Wildman–Crippen MR) is 61.0 cm³/mol. The van der Waals surface area contributed by atoms with Crippen LogP contribution in [0.15, 0.2) is 21.1 Å². The average molecular weight is 359 g/mol. The van der Waals surface area contributed by atoms with Crippen molar-refractivity contribution in [1.82, 2.24) is 0 Å². The quantitative estimate of drug-likeness (QED) is 0.723. The molecule has 0 fully saturated rings. The Morgan fingerprint density at radius 2 is 2.00 bits per heavy atom. The largest absolute Gasteiger partial charge is 0.497 e. The molecule has 1 aromatic rings. The van der Waals surface area contributed by atoms with Gasteiger partial charge >= 0.3 is 0 Å². The van der Waals surface area contributed by atoms with Crippen molar-refractivity contribution < 1.29 is 4.74 Å². The third kappa shape index (κ3) is 2.24. The maximum absolute atomic E-state index is 5.12. The van der Waals surface area contributed by atoms with Gasteiger partial charge in [-0.2, -0.15) is 0 Å². The van der Waals surface area contributed by atoms with Crippen LogP contribution in [0.4, 0.5) is 0 Å². The van der Waals surface area contributed by atoms with Crippen molar-refractivity contribution >= 4 is 47.8 Å². The molecule has 0 unspecified atom stereocenters. The second-order valence-electron chi connectivity index (χ2n) is 2.22. The molecule has 0 aromatic heterocycles. The van der Waals surface area contributed by atoms with Gasteiger partial charge in [-0.25, -0.2) is 0 Å². The molecule has 0 N–H and O–H groups in total. The molecule has 0 atom stereocenters. The van der Waals surface area contributed by atoms with Crippen LogP contribution in [0.25, 0.3) is 0 Å². The topological polar surface area (TPSA) is 9.23 Å². The summed E-state index contributed by atoms with van der Waals surface area (Å²) in [5.41, 5.74) is 1.17. The van der Waals surface area contributed by atoms with Gasteiger partial charge in [-0.3, -0.25) is 0 Å². The van der Waals surface area contributed by atoms with E-state index in [1.165, 1.54) is 5.56 Å². The summed E-state index contributed by atoms with van der Waals surface area (Å²) < 4.78 is 7.20. The minimum Gasteiger partial charge on any atom is -0.497 e. The average Bonchev–Trinajstić information content (AvgIpc) is 2.09. The SMILES string of the molecule is COc1cc(Br)c(Br)c(CBr)c1. The van der Waals surface area contributed by atoms with Crippen molar-refractivity contribution in [1.29, 1.82) is 0 Å². The van der Waals surface area contributed by atoms with Crippen LogP contribution in [0, 0.1) is 0 Å². The van der Waals surface area contributed by atoms with Crippen LogP contribution in [0.2, 0.25) is 0 Å². The van der Waals surface area contributed by atoms with Gasteiger partial charge in [0.25, 0.3) is 0 Å². The molecule has 0 aliphatic rings. The molecule has 0 spiro atoms. The first-order chi connectivity index (χ1) is 5.69. The summed E-state index contributed by atoms with van der Waals surface area (Å²) in [5, 5.41) is 0.809. The zero-order valence-electron chi connectivity index (χ0n) is 6.40. The lowest BCUT2D eigenvalue weighted by Crippen LogP contribution is -1.87. The molecular formula is C8H7Br3O. The Labute approximate surface area is 96.9 Å². The van der Waals surface area contributed by atoms with E-state index in [2.05, 4.69) is 47.8 Å². The second kappa shape index (κ2) is 4.63. The fourth-order valence-corrected chi connectivity index (χ4v) is 2.50. The second-order valence-corrected chi connectivity index (χ2v) is 4.42. The molecule has 1 nitrogen and oxygen atoms in total. The summed E-state index contributed by atoms with van der Waals surface area (Å²) in [6.07, 6.45) is 0. The highest BCUT2D eigenvalue weighted by molar-refractivity contribution is 9.13. The van der Waals surface area contributed by atoms with Gasteiger partial charge in [0.05, 0.1) is 7.11 Å². The molecule has 12 heavy (non-hydrogen) atoms. The highest BCUT2D eigenvalue weighted by Crippen LogP contribution is 2.32. The molecule has 0 saturated carbocycles. The van der Waals surface area contributed by atoms with E-state index in [1.54, 1.807) is 7.11 Å². The molecule has 0 heterocycles. The first-order valence-electron chi connectivity index (χ1n) is 3.27. The Bertz CT molecular complexity index is 286. The molecule has 0 aliphatic carbocycles. The molecular weight excluding hydrogens is 352 g/mol. The Balaban J connectivity index is 3.19. The van der Waals surface area contributed by atoms with Gasteiger partial charge in [0.2, 0.25) is 0 Å². The van der Waals surface area contributed by atoms with Crippen LogP contribution < -0.4 is 4.74 Å². The lowest BCUT2D eigenvalue weighted by Gasteiger charge is -2.06. The fourth-order valence-electron chi connectivity index (χ4n) is 0.833. The number of hydrogen-bond donors (Lipinski definition) is 0. The predicted octanol–water partition coefficient (Wildman–Crippen LogP) is 4.12. The third-order valence-corrected chi connectivity index (χ3v) is 4.15. The monoisotopic (exact) mass is 356 g/mol. The van der Waals surface area contributed by atoms with E-state index in [1.807, 2.05) is 12.1 Å². The van der Waals surface area contributed by atoms with Crippen LogP contribution in [-0.4, -0.2) is 7.11 Å². The minimum atomic E-state index is 0.809. The van der Waals surface area contributed by atoms with Crippen LogP contribution in [0.1, 0.15) is 5.56 Å². The molecule has 66 valence electrons. The normalized spacial score (nSPS) is 10.0. The van der Waals surface area contributed by atoms with E-state index < -0.39 is 0 Å². The number of hydrogen-bond acceptors (Lipinski definition) is 1. The number of benzene rings is 1. The van der Waals surface area contributed by atoms with Crippen LogP contribution in [0.3, 0.4) is 0 Å². The Kier molecular flexibility index (Phi) is 4.06. The first-order valence-corrected chi connectivity index (χ1v) is 5.97. The van der Waals surface area contributed by atoms with E-state index in [0.29, 0.717) is 0 Å². The lowest BCUT2D eigenvalue weighted by molar-refractivity contribution is 0.414.